The number of rotatable bonds is 9. The number of carbonyl (C=O) groups is 3. The largest absolute Gasteiger partial charge is 0.508 e. The number of phenols is 1. The average Bonchev–Trinajstić information content (AvgIpc) is 2.95. The number of ether oxygens (including phenoxy) is 1. The highest BCUT2D eigenvalue weighted by molar-refractivity contribution is 6.07. The first kappa shape index (κ1) is 20.8. The molecule has 0 saturated carbocycles. The maximum atomic E-state index is 12.6. The second kappa shape index (κ2) is 8.90. The van der Waals surface area contributed by atoms with Crippen LogP contribution in [-0.4, -0.2) is 48.6 Å². The fourth-order valence-electron chi connectivity index (χ4n) is 2.93. The summed E-state index contributed by atoms with van der Waals surface area (Å²) in [5.74, 6) is 0.00617. The molecule has 1 unspecified atom stereocenters. The number of methoxy groups -OCH3 is 1. The lowest BCUT2D eigenvalue weighted by atomic mass is 9.89. The Morgan fingerprint density at radius 1 is 1.32 bits per heavy atom. The molecule has 28 heavy (non-hydrogen) atoms. The number of phenolic OH excluding ortho intramolecular Hbond substituents is 1. The van der Waals surface area contributed by atoms with Crippen LogP contribution in [0.4, 0.5) is 4.79 Å². The van der Waals surface area contributed by atoms with E-state index in [1.807, 2.05) is 6.92 Å². The van der Waals surface area contributed by atoms with Gasteiger partial charge in [0.2, 0.25) is 6.41 Å². The van der Waals surface area contributed by atoms with E-state index in [1.54, 1.807) is 18.2 Å². The molecular weight excluding hydrogens is 362 g/mol. The summed E-state index contributed by atoms with van der Waals surface area (Å²) >= 11 is 0. The third kappa shape index (κ3) is 4.59. The number of carbonyl (C=O) groups excluding carboxylic acids is 3. The van der Waals surface area contributed by atoms with Gasteiger partial charge < -0.3 is 20.1 Å². The minimum Gasteiger partial charge on any atom is -0.508 e. The minimum absolute atomic E-state index is 0.0189. The van der Waals surface area contributed by atoms with Crippen molar-refractivity contribution in [2.45, 2.75) is 12.5 Å². The number of amides is 4. The third-order valence-corrected chi connectivity index (χ3v) is 4.21. The lowest BCUT2D eigenvalue weighted by molar-refractivity contribution is -0.126. The molecule has 1 aromatic rings. The topological polar surface area (TPSA) is 108 Å². The molecule has 1 fully saturated rings. The first-order valence-corrected chi connectivity index (χ1v) is 8.53. The van der Waals surface area contributed by atoms with Crippen LogP contribution in [0.25, 0.3) is 0 Å². The summed E-state index contributed by atoms with van der Waals surface area (Å²) in [5, 5.41) is 14.3. The van der Waals surface area contributed by atoms with Gasteiger partial charge in [0.15, 0.2) is 5.54 Å². The van der Waals surface area contributed by atoms with E-state index in [4.69, 9.17) is 4.74 Å². The van der Waals surface area contributed by atoms with Crippen molar-refractivity contribution in [3.05, 3.63) is 66.0 Å². The quantitative estimate of drug-likeness (QED) is 0.259. The van der Waals surface area contributed by atoms with Crippen molar-refractivity contribution in [2.75, 3.05) is 20.2 Å². The monoisotopic (exact) mass is 385 g/mol. The van der Waals surface area contributed by atoms with Crippen molar-refractivity contribution in [3.8, 4) is 5.75 Å². The van der Waals surface area contributed by atoms with Crippen molar-refractivity contribution >= 4 is 18.3 Å². The van der Waals surface area contributed by atoms with E-state index in [1.165, 1.54) is 36.3 Å². The van der Waals surface area contributed by atoms with Crippen LogP contribution in [-0.2, 0) is 19.9 Å². The van der Waals surface area contributed by atoms with Crippen LogP contribution in [0.5, 0.6) is 5.75 Å². The average molecular weight is 385 g/mol. The number of nitrogens with zero attached hydrogens (tertiary/aromatic N) is 1. The summed E-state index contributed by atoms with van der Waals surface area (Å²) in [6, 6.07) is 5.20. The zero-order valence-corrected chi connectivity index (χ0v) is 15.8. The number of nitrogens with one attached hydrogen (secondary N) is 2. The number of urea groups is 1. The summed E-state index contributed by atoms with van der Waals surface area (Å²) in [4.78, 5) is 37.4. The number of hydrogen-bond acceptors (Lipinski definition) is 5. The lowest BCUT2D eigenvalue weighted by Crippen LogP contribution is -2.52. The maximum absolute atomic E-state index is 12.6. The van der Waals surface area contributed by atoms with E-state index in [0.29, 0.717) is 23.3 Å². The Balaban J connectivity index is 2.28. The van der Waals surface area contributed by atoms with Crippen molar-refractivity contribution in [3.63, 3.8) is 0 Å². The van der Waals surface area contributed by atoms with Gasteiger partial charge in [-0.1, -0.05) is 24.8 Å². The normalized spacial score (nSPS) is 19.3. The Hall–Kier alpha value is -3.55. The van der Waals surface area contributed by atoms with E-state index in [-0.39, 0.29) is 18.8 Å². The maximum Gasteiger partial charge on any atom is 0.322 e. The van der Waals surface area contributed by atoms with Gasteiger partial charge in [-0.15, -0.1) is 0 Å². The molecule has 0 bridgehead atoms. The molecule has 1 heterocycles. The summed E-state index contributed by atoms with van der Waals surface area (Å²) in [5.41, 5.74) is -0.455. The summed E-state index contributed by atoms with van der Waals surface area (Å²) in [6.07, 6.45) is 5.81. The predicted molar refractivity (Wildman–Crippen MR) is 103 cm³/mol. The standard InChI is InChI=1S/C20H23N3O5/c1-4-5-17(28-3)10-14(2)11-23(13-24)12-20(18(26)21-19(27)22-20)15-6-8-16(25)9-7-15/h4-10,13,25H,2,11-12H2,1,3H3,(H2,21,22,26,27)/b5-4-,17-10+. The molecule has 1 aliphatic rings. The minimum atomic E-state index is -1.47. The fraction of sp³-hybridized carbons (Fsp3) is 0.250. The van der Waals surface area contributed by atoms with Gasteiger partial charge in [0.05, 0.1) is 13.7 Å². The van der Waals surface area contributed by atoms with E-state index in [9.17, 15) is 19.5 Å². The molecule has 0 aliphatic carbocycles. The van der Waals surface area contributed by atoms with Gasteiger partial charge in [-0.25, -0.2) is 4.79 Å². The SMILES string of the molecule is C=C(/C=C(\C=C/C)OC)CN(C=O)CC1(c2ccc(O)cc2)NC(=O)NC1=O. The molecule has 1 atom stereocenters. The number of allylic oxidation sites excluding steroid dienone is 2. The second-order valence-corrected chi connectivity index (χ2v) is 6.28. The summed E-state index contributed by atoms with van der Waals surface area (Å²) in [6.45, 7) is 5.77. The molecule has 1 saturated heterocycles. The highest BCUT2D eigenvalue weighted by Gasteiger charge is 2.48. The first-order chi connectivity index (χ1) is 13.3. The summed E-state index contributed by atoms with van der Waals surface area (Å²) < 4.78 is 5.20. The Morgan fingerprint density at radius 3 is 2.50 bits per heavy atom. The van der Waals surface area contributed by atoms with Gasteiger partial charge in [0, 0.05) is 6.54 Å². The Morgan fingerprint density at radius 2 is 2.00 bits per heavy atom. The van der Waals surface area contributed by atoms with E-state index in [0.717, 1.165) is 0 Å². The van der Waals surface area contributed by atoms with Crippen LogP contribution in [0.3, 0.4) is 0 Å². The van der Waals surface area contributed by atoms with E-state index in [2.05, 4.69) is 17.2 Å². The zero-order valence-electron chi connectivity index (χ0n) is 15.8. The highest BCUT2D eigenvalue weighted by atomic mass is 16.5. The molecule has 3 N–H and O–H groups in total. The van der Waals surface area contributed by atoms with Gasteiger partial charge in [-0.05, 0) is 42.3 Å². The smallest absolute Gasteiger partial charge is 0.322 e. The van der Waals surface area contributed by atoms with Crippen LogP contribution in [0.15, 0.2) is 60.4 Å². The fourth-order valence-corrected chi connectivity index (χ4v) is 2.93. The second-order valence-electron chi connectivity index (χ2n) is 6.28. The molecule has 0 spiro atoms. The molecule has 148 valence electrons. The molecule has 1 aliphatic heterocycles. The Bertz CT molecular complexity index is 829. The van der Waals surface area contributed by atoms with Crippen molar-refractivity contribution in [1.29, 1.82) is 0 Å². The van der Waals surface area contributed by atoms with Crippen molar-refractivity contribution < 1.29 is 24.2 Å². The van der Waals surface area contributed by atoms with Crippen LogP contribution in [0.1, 0.15) is 12.5 Å². The van der Waals surface area contributed by atoms with Gasteiger partial charge in [-0.3, -0.25) is 14.9 Å². The molecule has 2 rings (SSSR count). The molecule has 0 aromatic heterocycles. The first-order valence-electron chi connectivity index (χ1n) is 8.53. The molecule has 0 radical (unpaired) electrons. The van der Waals surface area contributed by atoms with Gasteiger partial charge in [0.25, 0.3) is 5.91 Å². The highest BCUT2D eigenvalue weighted by Crippen LogP contribution is 2.28. The summed E-state index contributed by atoms with van der Waals surface area (Å²) in [7, 11) is 1.52. The molecule has 1 aromatic carbocycles. The van der Waals surface area contributed by atoms with Crippen LogP contribution in [0, 0.1) is 0 Å². The van der Waals surface area contributed by atoms with Crippen LogP contribution >= 0.6 is 0 Å². The van der Waals surface area contributed by atoms with Crippen LogP contribution in [0.2, 0.25) is 0 Å². The Kier molecular flexibility index (Phi) is 6.59. The lowest BCUT2D eigenvalue weighted by Gasteiger charge is -2.31. The van der Waals surface area contributed by atoms with Crippen LogP contribution < -0.4 is 10.6 Å². The number of benzene rings is 1. The van der Waals surface area contributed by atoms with E-state index >= 15 is 0 Å². The zero-order chi connectivity index (χ0) is 20.7. The van der Waals surface area contributed by atoms with Crippen molar-refractivity contribution in [2.24, 2.45) is 0 Å². The molecule has 8 heteroatoms. The number of aromatic hydroxyl groups is 1. The third-order valence-electron chi connectivity index (χ3n) is 4.21. The number of hydrogen-bond donors (Lipinski definition) is 3. The van der Waals surface area contributed by atoms with Gasteiger partial charge in [-0.2, -0.15) is 0 Å². The molecular formula is C20H23N3O5. The van der Waals surface area contributed by atoms with Crippen molar-refractivity contribution in [1.82, 2.24) is 15.5 Å². The predicted octanol–water partition coefficient (Wildman–Crippen LogP) is 1.55. The van der Waals surface area contributed by atoms with E-state index < -0.39 is 17.5 Å². The molecule has 4 amide bonds. The Labute approximate surface area is 163 Å². The molecule has 8 nitrogen and oxygen atoms in total. The van der Waals surface area contributed by atoms with Gasteiger partial charge >= 0.3 is 6.03 Å². The van der Waals surface area contributed by atoms with Gasteiger partial charge in [0.1, 0.15) is 11.5 Å². The number of imide groups is 1.